The van der Waals surface area contributed by atoms with Crippen LogP contribution in [0.3, 0.4) is 0 Å². The van der Waals surface area contributed by atoms with Crippen LogP contribution in [-0.2, 0) is 0 Å². The maximum atomic E-state index is 4.07. The maximum Gasteiger partial charge on any atom is 0.0360 e. The minimum Gasteiger partial charge on any atom is -0.299 e. The summed E-state index contributed by atoms with van der Waals surface area (Å²) in [5.41, 5.74) is 1.28. The average molecular weight is 178 g/mol. The highest BCUT2D eigenvalue weighted by molar-refractivity contribution is 5.80. The second-order valence-electron chi connectivity index (χ2n) is 3.43. The van der Waals surface area contributed by atoms with E-state index in [2.05, 4.69) is 29.6 Å². The van der Waals surface area contributed by atoms with Crippen molar-refractivity contribution in [3.8, 4) is 0 Å². The fraction of sp³-hybridized carbons (Fsp3) is 0.545. The molecule has 0 amide bonds. The monoisotopic (exact) mass is 178 g/mol. The lowest BCUT2D eigenvalue weighted by molar-refractivity contribution is 0.351. The Labute approximate surface area is 80.7 Å². The smallest absolute Gasteiger partial charge is 0.0360 e. The van der Waals surface area contributed by atoms with Crippen LogP contribution in [0.1, 0.15) is 12.8 Å². The minimum absolute atomic E-state index is 0.543. The van der Waals surface area contributed by atoms with Crippen LogP contribution in [0.5, 0.6) is 0 Å². The first-order valence-electron chi connectivity index (χ1n) is 4.74. The molecule has 2 heteroatoms. The molecule has 1 atom stereocenters. The van der Waals surface area contributed by atoms with Crippen molar-refractivity contribution < 1.29 is 0 Å². The fourth-order valence-electron chi connectivity index (χ4n) is 1.86. The molecule has 1 fully saturated rings. The summed E-state index contributed by atoms with van der Waals surface area (Å²) in [7, 11) is 3.98. The second kappa shape index (κ2) is 4.97. The van der Waals surface area contributed by atoms with E-state index in [1.54, 1.807) is 0 Å². The molecule has 1 unspecified atom stereocenters. The Kier molecular flexibility index (Phi) is 3.90. The number of hydrogen-bond acceptors (Lipinski definition) is 2. The predicted octanol–water partition coefficient (Wildman–Crippen LogP) is 1.89. The van der Waals surface area contributed by atoms with Gasteiger partial charge in [-0.3, -0.25) is 9.89 Å². The van der Waals surface area contributed by atoms with E-state index in [-0.39, 0.29) is 0 Å². The Balaban J connectivity index is 2.74. The number of nitrogens with zero attached hydrogens (tertiary/aromatic N) is 2. The van der Waals surface area contributed by atoms with Crippen LogP contribution in [-0.4, -0.2) is 37.8 Å². The molecule has 1 aliphatic rings. The third-order valence-corrected chi connectivity index (χ3v) is 2.49. The molecule has 2 nitrogen and oxygen atoms in total. The van der Waals surface area contributed by atoms with Gasteiger partial charge < -0.3 is 0 Å². The fourth-order valence-corrected chi connectivity index (χ4v) is 1.86. The molecule has 1 aliphatic heterocycles. The summed E-state index contributed by atoms with van der Waals surface area (Å²) in [6.07, 6.45) is 8.35. The summed E-state index contributed by atoms with van der Waals surface area (Å²) >= 11 is 0. The molecule has 0 N–H and O–H groups in total. The molecular formula is C11H18N2. The summed E-state index contributed by atoms with van der Waals surface area (Å²) in [6, 6.07) is 0.543. The number of aliphatic imine (C=N–C) groups is 1. The first-order chi connectivity index (χ1) is 6.29. The summed E-state index contributed by atoms with van der Waals surface area (Å²) in [5, 5.41) is 0. The molecule has 1 heterocycles. The summed E-state index contributed by atoms with van der Waals surface area (Å²) in [4.78, 5) is 6.44. The van der Waals surface area contributed by atoms with E-state index >= 15 is 0 Å². The number of rotatable bonds is 3. The number of likely N-dealkylation sites (N-methyl/N-ethyl adjacent to an activating group) is 1. The normalized spacial score (nSPS) is 25.7. The van der Waals surface area contributed by atoms with Crippen molar-refractivity contribution >= 4 is 6.21 Å². The van der Waals surface area contributed by atoms with E-state index in [1.165, 1.54) is 25.0 Å². The van der Waals surface area contributed by atoms with Crippen molar-refractivity contribution in [2.24, 2.45) is 4.99 Å². The molecule has 0 radical (unpaired) electrons. The highest BCUT2D eigenvalue weighted by atomic mass is 15.1. The third-order valence-electron chi connectivity index (χ3n) is 2.49. The molecule has 1 saturated heterocycles. The Bertz CT molecular complexity index is 228. The van der Waals surface area contributed by atoms with Crippen molar-refractivity contribution in [1.82, 2.24) is 4.90 Å². The van der Waals surface area contributed by atoms with Crippen molar-refractivity contribution in [3.63, 3.8) is 0 Å². The number of hydrogen-bond donors (Lipinski definition) is 0. The van der Waals surface area contributed by atoms with Gasteiger partial charge >= 0.3 is 0 Å². The summed E-state index contributed by atoms with van der Waals surface area (Å²) < 4.78 is 0. The van der Waals surface area contributed by atoms with Gasteiger partial charge in [0, 0.05) is 19.3 Å². The van der Waals surface area contributed by atoms with Crippen molar-refractivity contribution in [3.05, 3.63) is 24.3 Å². The van der Waals surface area contributed by atoms with Crippen LogP contribution in [0.4, 0.5) is 0 Å². The van der Waals surface area contributed by atoms with Crippen LogP contribution < -0.4 is 0 Å². The molecule has 0 saturated carbocycles. The third kappa shape index (κ3) is 2.52. The Morgan fingerprint density at radius 1 is 1.62 bits per heavy atom. The molecular weight excluding hydrogens is 160 g/mol. The molecule has 0 aromatic heterocycles. The number of allylic oxidation sites excluding steroid dienone is 2. The zero-order valence-electron chi connectivity index (χ0n) is 8.53. The predicted molar refractivity (Wildman–Crippen MR) is 58.3 cm³/mol. The van der Waals surface area contributed by atoms with Crippen molar-refractivity contribution in [2.75, 3.05) is 20.6 Å². The van der Waals surface area contributed by atoms with Gasteiger partial charge in [-0.1, -0.05) is 18.7 Å². The quantitative estimate of drug-likeness (QED) is 0.476. The van der Waals surface area contributed by atoms with Gasteiger partial charge in [0.25, 0.3) is 0 Å². The molecule has 72 valence electrons. The van der Waals surface area contributed by atoms with Gasteiger partial charge in [-0.15, -0.1) is 0 Å². The van der Waals surface area contributed by atoms with E-state index in [4.69, 9.17) is 0 Å². The van der Waals surface area contributed by atoms with E-state index < -0.39 is 0 Å². The van der Waals surface area contributed by atoms with Crippen LogP contribution in [0.2, 0.25) is 0 Å². The molecule has 0 aromatic carbocycles. The second-order valence-corrected chi connectivity index (χ2v) is 3.43. The van der Waals surface area contributed by atoms with Crippen LogP contribution >= 0.6 is 0 Å². The van der Waals surface area contributed by atoms with Crippen molar-refractivity contribution in [1.29, 1.82) is 0 Å². The first kappa shape index (κ1) is 10.2. The van der Waals surface area contributed by atoms with Gasteiger partial charge in [0.1, 0.15) is 0 Å². The Morgan fingerprint density at radius 2 is 2.38 bits per heavy atom. The highest BCUT2D eigenvalue weighted by Gasteiger charge is 2.22. The lowest BCUT2D eigenvalue weighted by Gasteiger charge is -2.19. The van der Waals surface area contributed by atoms with E-state index in [9.17, 15) is 0 Å². The van der Waals surface area contributed by atoms with Gasteiger partial charge in [0.05, 0.1) is 0 Å². The molecule has 0 aliphatic carbocycles. The Morgan fingerprint density at radius 3 is 2.85 bits per heavy atom. The molecule has 0 bridgehead atoms. The highest BCUT2D eigenvalue weighted by Crippen LogP contribution is 2.20. The minimum atomic E-state index is 0.543. The zero-order chi connectivity index (χ0) is 9.68. The lowest BCUT2D eigenvalue weighted by Crippen LogP contribution is -2.27. The zero-order valence-corrected chi connectivity index (χ0v) is 8.53. The summed E-state index contributed by atoms with van der Waals surface area (Å²) in [5.74, 6) is 0. The average Bonchev–Trinajstić information content (AvgIpc) is 2.51. The summed E-state index contributed by atoms with van der Waals surface area (Å²) in [6.45, 7) is 4.91. The van der Waals surface area contributed by atoms with Gasteiger partial charge in [-0.05, 0) is 32.0 Å². The van der Waals surface area contributed by atoms with Crippen LogP contribution in [0, 0.1) is 0 Å². The lowest BCUT2D eigenvalue weighted by atomic mass is 10.1. The maximum absolute atomic E-state index is 4.07. The SMILES string of the molecule is C=C/C=C(\C=NC)C1CCCN1C. The largest absolute Gasteiger partial charge is 0.299 e. The van der Waals surface area contributed by atoms with Gasteiger partial charge in [-0.25, -0.2) is 0 Å². The number of likely N-dealkylation sites (tertiary alicyclic amines) is 1. The molecule has 13 heavy (non-hydrogen) atoms. The molecule has 0 aromatic rings. The van der Waals surface area contributed by atoms with Gasteiger partial charge in [0.15, 0.2) is 0 Å². The van der Waals surface area contributed by atoms with E-state index in [1.807, 2.05) is 19.3 Å². The van der Waals surface area contributed by atoms with Crippen LogP contribution in [0.15, 0.2) is 29.3 Å². The van der Waals surface area contributed by atoms with Crippen molar-refractivity contribution in [2.45, 2.75) is 18.9 Å². The Hall–Kier alpha value is -0.890. The van der Waals surface area contributed by atoms with E-state index in [0.29, 0.717) is 6.04 Å². The topological polar surface area (TPSA) is 15.6 Å². The first-order valence-corrected chi connectivity index (χ1v) is 4.74. The van der Waals surface area contributed by atoms with Gasteiger partial charge in [-0.2, -0.15) is 0 Å². The van der Waals surface area contributed by atoms with E-state index in [0.717, 1.165) is 0 Å². The molecule has 0 spiro atoms. The molecule has 1 rings (SSSR count). The standard InChI is InChI=1S/C11H18N2/c1-4-6-10(9-12-2)11-7-5-8-13(11)3/h4,6,9,11H,1,5,7-8H2,2-3H3/b10-6+,12-9?. The van der Waals surface area contributed by atoms with Gasteiger partial charge in [0.2, 0.25) is 0 Å². The van der Waals surface area contributed by atoms with Crippen LogP contribution in [0.25, 0.3) is 0 Å².